The summed E-state index contributed by atoms with van der Waals surface area (Å²) in [4.78, 5) is 25.5. The van der Waals surface area contributed by atoms with Gasteiger partial charge in [-0.05, 0) is 68.3 Å². The standard InChI is InChI=1S/C23H29NO3/c1-27-21(25)20(9-5-8-16-6-3-2-4-7-16)24-22(26)23-13-17-10-18(14-23)12-19(11-17)15-23/h2-8,17-20H,9-15H2,1H3,(H,24,26)/b8-5+/t17?,18?,19?,20-,23?/m1/s1. The van der Waals surface area contributed by atoms with E-state index in [2.05, 4.69) is 5.32 Å². The van der Waals surface area contributed by atoms with Gasteiger partial charge in [0.15, 0.2) is 0 Å². The average Bonchev–Trinajstić information content (AvgIpc) is 2.66. The van der Waals surface area contributed by atoms with Gasteiger partial charge in [-0.25, -0.2) is 4.79 Å². The van der Waals surface area contributed by atoms with Crippen molar-refractivity contribution in [3.05, 3.63) is 42.0 Å². The van der Waals surface area contributed by atoms with Crippen molar-refractivity contribution in [2.75, 3.05) is 7.11 Å². The molecule has 0 aliphatic heterocycles. The van der Waals surface area contributed by atoms with E-state index in [4.69, 9.17) is 4.74 Å². The summed E-state index contributed by atoms with van der Waals surface area (Å²) in [5, 5.41) is 3.05. The summed E-state index contributed by atoms with van der Waals surface area (Å²) >= 11 is 0. The van der Waals surface area contributed by atoms with Gasteiger partial charge in [0.1, 0.15) is 6.04 Å². The second kappa shape index (κ2) is 7.49. The molecule has 4 aliphatic carbocycles. The number of amides is 1. The van der Waals surface area contributed by atoms with Crippen molar-refractivity contribution in [2.45, 2.75) is 51.0 Å². The van der Waals surface area contributed by atoms with Gasteiger partial charge in [0.2, 0.25) is 5.91 Å². The Labute approximate surface area is 161 Å². The Balaban J connectivity index is 1.43. The zero-order valence-electron chi connectivity index (χ0n) is 16.0. The Morgan fingerprint density at radius 2 is 1.70 bits per heavy atom. The third-order valence-electron chi connectivity index (χ3n) is 6.79. The second-order valence-corrected chi connectivity index (χ2v) is 8.80. The lowest BCUT2D eigenvalue weighted by Gasteiger charge is -2.55. The number of benzene rings is 1. The van der Waals surface area contributed by atoms with E-state index >= 15 is 0 Å². The maximum absolute atomic E-state index is 13.2. The van der Waals surface area contributed by atoms with Crippen molar-refractivity contribution in [3.8, 4) is 0 Å². The largest absolute Gasteiger partial charge is 0.467 e. The van der Waals surface area contributed by atoms with Crippen LogP contribution in [0.25, 0.3) is 6.08 Å². The Morgan fingerprint density at radius 1 is 1.11 bits per heavy atom. The Kier molecular flexibility index (Phi) is 5.07. The molecule has 1 amide bonds. The van der Waals surface area contributed by atoms with Gasteiger partial charge in [0.05, 0.1) is 7.11 Å². The molecule has 4 fully saturated rings. The van der Waals surface area contributed by atoms with Gasteiger partial charge < -0.3 is 10.1 Å². The number of rotatable bonds is 6. The summed E-state index contributed by atoms with van der Waals surface area (Å²) in [6, 6.07) is 9.34. The average molecular weight is 367 g/mol. The topological polar surface area (TPSA) is 55.4 Å². The molecule has 0 radical (unpaired) electrons. The number of esters is 1. The lowest BCUT2D eigenvalue weighted by Crippen LogP contribution is -2.56. The first-order valence-electron chi connectivity index (χ1n) is 10.2. The van der Waals surface area contributed by atoms with Crippen molar-refractivity contribution in [2.24, 2.45) is 23.2 Å². The number of carbonyl (C=O) groups excluding carboxylic acids is 2. The number of carbonyl (C=O) groups is 2. The van der Waals surface area contributed by atoms with Crippen LogP contribution >= 0.6 is 0 Å². The summed E-state index contributed by atoms with van der Waals surface area (Å²) in [5.74, 6) is 1.82. The second-order valence-electron chi connectivity index (χ2n) is 8.80. The minimum absolute atomic E-state index is 0.0742. The molecule has 4 nitrogen and oxygen atoms in total. The van der Waals surface area contributed by atoms with Gasteiger partial charge in [-0.3, -0.25) is 4.79 Å². The van der Waals surface area contributed by atoms with Gasteiger partial charge in [0.25, 0.3) is 0 Å². The van der Waals surface area contributed by atoms with Crippen LogP contribution in [-0.2, 0) is 14.3 Å². The van der Waals surface area contributed by atoms with E-state index in [1.54, 1.807) is 0 Å². The highest BCUT2D eigenvalue weighted by atomic mass is 16.5. The monoisotopic (exact) mass is 367 g/mol. The highest BCUT2D eigenvalue weighted by molar-refractivity contribution is 5.88. The van der Waals surface area contributed by atoms with Crippen LogP contribution in [-0.4, -0.2) is 25.0 Å². The Bertz CT molecular complexity index is 689. The van der Waals surface area contributed by atoms with Crippen LogP contribution in [0.3, 0.4) is 0 Å². The van der Waals surface area contributed by atoms with Crippen molar-refractivity contribution in [1.82, 2.24) is 5.32 Å². The van der Waals surface area contributed by atoms with Gasteiger partial charge in [-0.1, -0.05) is 42.5 Å². The zero-order chi connectivity index (χ0) is 18.9. The summed E-state index contributed by atoms with van der Waals surface area (Å²) in [7, 11) is 1.38. The summed E-state index contributed by atoms with van der Waals surface area (Å²) < 4.78 is 4.95. The first kappa shape index (κ1) is 18.3. The fraction of sp³-hybridized carbons (Fsp3) is 0.565. The molecule has 4 saturated carbocycles. The molecule has 27 heavy (non-hydrogen) atoms. The molecule has 1 N–H and O–H groups in total. The maximum atomic E-state index is 13.2. The van der Waals surface area contributed by atoms with Crippen molar-refractivity contribution >= 4 is 18.0 Å². The quantitative estimate of drug-likeness (QED) is 0.774. The van der Waals surface area contributed by atoms with E-state index in [9.17, 15) is 9.59 Å². The predicted molar refractivity (Wildman–Crippen MR) is 105 cm³/mol. The smallest absolute Gasteiger partial charge is 0.328 e. The lowest BCUT2D eigenvalue weighted by molar-refractivity contribution is -0.152. The first-order chi connectivity index (χ1) is 13.1. The summed E-state index contributed by atoms with van der Waals surface area (Å²) in [6.07, 6.45) is 11.3. The minimum Gasteiger partial charge on any atom is -0.467 e. The van der Waals surface area contributed by atoms with Crippen LogP contribution in [0.15, 0.2) is 36.4 Å². The van der Waals surface area contributed by atoms with E-state index < -0.39 is 6.04 Å². The lowest BCUT2D eigenvalue weighted by atomic mass is 9.49. The van der Waals surface area contributed by atoms with Crippen molar-refractivity contribution in [1.29, 1.82) is 0 Å². The summed E-state index contributed by atoms with van der Waals surface area (Å²) in [5.41, 5.74) is 0.831. The third-order valence-corrected chi connectivity index (χ3v) is 6.79. The highest BCUT2D eigenvalue weighted by Gasteiger charge is 2.54. The molecule has 5 rings (SSSR count). The molecule has 4 bridgehead atoms. The van der Waals surface area contributed by atoms with E-state index in [0.717, 1.165) is 24.8 Å². The molecule has 0 spiro atoms. The van der Waals surface area contributed by atoms with Crippen LogP contribution < -0.4 is 5.32 Å². The summed E-state index contributed by atoms with van der Waals surface area (Å²) in [6.45, 7) is 0. The van der Waals surface area contributed by atoms with Crippen LogP contribution in [0.2, 0.25) is 0 Å². The number of nitrogens with one attached hydrogen (secondary N) is 1. The van der Waals surface area contributed by atoms with Crippen LogP contribution in [0.4, 0.5) is 0 Å². The fourth-order valence-electron chi connectivity index (χ4n) is 5.96. The molecule has 4 heteroatoms. The van der Waals surface area contributed by atoms with Crippen LogP contribution in [0.5, 0.6) is 0 Å². The molecule has 144 valence electrons. The van der Waals surface area contributed by atoms with Gasteiger partial charge in [-0.2, -0.15) is 0 Å². The van der Waals surface area contributed by atoms with E-state index in [0.29, 0.717) is 24.2 Å². The number of hydrogen-bond acceptors (Lipinski definition) is 3. The van der Waals surface area contributed by atoms with Crippen LogP contribution in [0.1, 0.15) is 50.5 Å². The van der Waals surface area contributed by atoms with E-state index in [1.807, 2.05) is 42.5 Å². The minimum atomic E-state index is -0.615. The predicted octanol–water partition coefficient (Wildman–Crippen LogP) is 3.96. The molecular weight excluding hydrogens is 338 g/mol. The van der Waals surface area contributed by atoms with E-state index in [1.165, 1.54) is 26.4 Å². The van der Waals surface area contributed by atoms with E-state index in [-0.39, 0.29) is 17.3 Å². The van der Waals surface area contributed by atoms with Crippen molar-refractivity contribution < 1.29 is 14.3 Å². The van der Waals surface area contributed by atoms with Crippen LogP contribution in [0, 0.1) is 23.2 Å². The van der Waals surface area contributed by atoms with Gasteiger partial charge in [0, 0.05) is 5.41 Å². The maximum Gasteiger partial charge on any atom is 0.328 e. The number of ether oxygens (including phenoxy) is 1. The third kappa shape index (κ3) is 3.80. The molecule has 1 atom stereocenters. The normalized spacial score (nSPS) is 32.4. The van der Waals surface area contributed by atoms with Gasteiger partial charge in [-0.15, -0.1) is 0 Å². The van der Waals surface area contributed by atoms with Crippen molar-refractivity contribution in [3.63, 3.8) is 0 Å². The number of hydrogen-bond donors (Lipinski definition) is 1. The molecular formula is C23H29NO3. The molecule has 1 aromatic rings. The first-order valence-corrected chi connectivity index (χ1v) is 10.2. The Morgan fingerprint density at radius 3 is 2.26 bits per heavy atom. The molecule has 0 aromatic heterocycles. The Hall–Kier alpha value is -2.10. The molecule has 0 heterocycles. The molecule has 0 saturated heterocycles. The molecule has 4 aliphatic rings. The number of methoxy groups -OCH3 is 1. The molecule has 0 unspecified atom stereocenters. The van der Waals surface area contributed by atoms with Gasteiger partial charge >= 0.3 is 5.97 Å². The fourth-order valence-corrected chi connectivity index (χ4v) is 5.96. The molecule has 1 aromatic carbocycles. The SMILES string of the molecule is COC(=O)[C@@H](C/C=C/c1ccccc1)NC(=O)C12CC3CC(CC(C3)C1)C2. The highest BCUT2D eigenvalue weighted by Crippen LogP contribution is 2.60. The zero-order valence-corrected chi connectivity index (χ0v) is 16.0.